The quantitative estimate of drug-likeness (QED) is 0.396. The molecule has 186 valence electrons. The van der Waals surface area contributed by atoms with Crippen LogP contribution < -0.4 is 5.73 Å². The fraction of sp³-hybridized carbons (Fsp3) is 0.370. The van der Waals surface area contributed by atoms with Crippen LogP contribution in [-0.4, -0.2) is 51.9 Å². The molecule has 1 saturated carbocycles. The van der Waals surface area contributed by atoms with E-state index in [1.807, 2.05) is 64.4 Å². The molecule has 0 radical (unpaired) electrons. The highest BCUT2D eigenvalue weighted by molar-refractivity contribution is 5.95. The monoisotopic (exact) mass is 496 g/mol. The van der Waals surface area contributed by atoms with Crippen LogP contribution in [0.2, 0.25) is 0 Å². The van der Waals surface area contributed by atoms with Crippen molar-refractivity contribution < 1.29 is 14.7 Å². The molecular weight excluding hydrogens is 464 g/mol. The normalized spacial score (nSPS) is 19.8. The number of halogens is 1. The minimum Gasteiger partial charge on any atom is -0.481 e. The number of nitrogens with one attached hydrogen (secondary N) is 1. The van der Waals surface area contributed by atoms with Gasteiger partial charge in [0.15, 0.2) is 0 Å². The van der Waals surface area contributed by atoms with E-state index >= 15 is 0 Å². The molecule has 0 bridgehead atoms. The highest BCUT2D eigenvalue weighted by Crippen LogP contribution is 2.30. The molecule has 0 unspecified atom stereocenters. The molecule has 1 aliphatic carbocycles. The molecule has 0 spiro atoms. The van der Waals surface area contributed by atoms with Gasteiger partial charge in [0.25, 0.3) is 0 Å². The lowest BCUT2D eigenvalue weighted by atomic mass is 9.85. The molecule has 2 amide bonds. The van der Waals surface area contributed by atoms with Crippen LogP contribution in [0.4, 0.5) is 4.79 Å². The van der Waals surface area contributed by atoms with Crippen LogP contribution in [0.15, 0.2) is 60.7 Å². The summed E-state index contributed by atoms with van der Waals surface area (Å²) >= 11 is 0. The van der Waals surface area contributed by atoms with Crippen molar-refractivity contribution in [2.24, 2.45) is 11.7 Å². The summed E-state index contributed by atoms with van der Waals surface area (Å²) in [5.41, 5.74) is 9.61. The Hall–Kier alpha value is -3.32. The van der Waals surface area contributed by atoms with Crippen molar-refractivity contribution in [3.05, 3.63) is 77.4 Å². The molecule has 4 rings (SSSR count). The van der Waals surface area contributed by atoms with E-state index in [2.05, 4.69) is 6.08 Å². The topological polar surface area (TPSA) is 111 Å². The van der Waals surface area contributed by atoms with Crippen LogP contribution >= 0.6 is 12.4 Å². The Kier molecular flexibility index (Phi) is 8.93. The minimum atomic E-state index is -0.732. The van der Waals surface area contributed by atoms with Crippen LogP contribution in [0.5, 0.6) is 0 Å². The predicted octanol–water partition coefficient (Wildman–Crippen LogP) is 4.75. The first-order valence-electron chi connectivity index (χ1n) is 11.9. The first-order chi connectivity index (χ1) is 16.4. The summed E-state index contributed by atoms with van der Waals surface area (Å²) in [4.78, 5) is 28.9. The van der Waals surface area contributed by atoms with Gasteiger partial charge >= 0.3 is 12.0 Å². The third kappa shape index (κ3) is 6.42. The van der Waals surface area contributed by atoms with Gasteiger partial charge < -0.3 is 20.6 Å². The van der Waals surface area contributed by atoms with Gasteiger partial charge in [-0.3, -0.25) is 10.2 Å². The van der Waals surface area contributed by atoms with E-state index in [4.69, 9.17) is 11.1 Å². The maximum Gasteiger partial charge on any atom is 0.320 e. The largest absolute Gasteiger partial charge is 0.481 e. The van der Waals surface area contributed by atoms with E-state index in [-0.39, 0.29) is 36.2 Å². The average Bonchev–Trinajstić information content (AvgIpc) is 2.88. The summed E-state index contributed by atoms with van der Waals surface area (Å²) in [6.07, 6.45) is 5.51. The Morgan fingerprint density at radius 3 is 2.23 bits per heavy atom. The van der Waals surface area contributed by atoms with E-state index in [9.17, 15) is 14.7 Å². The van der Waals surface area contributed by atoms with Crippen molar-refractivity contribution in [3.63, 3.8) is 0 Å². The Morgan fingerprint density at radius 1 is 1.03 bits per heavy atom. The highest BCUT2D eigenvalue weighted by Gasteiger charge is 2.33. The van der Waals surface area contributed by atoms with E-state index in [0.717, 1.165) is 17.5 Å². The smallest absolute Gasteiger partial charge is 0.320 e. The maximum absolute atomic E-state index is 13.6. The summed E-state index contributed by atoms with van der Waals surface area (Å²) in [6.45, 7) is 1.70. The number of carboxylic acid groups (broad SMARTS) is 1. The second-order valence-corrected chi connectivity index (χ2v) is 9.16. The Balaban J connectivity index is 0.00000342. The molecule has 1 aliphatic heterocycles. The molecule has 1 heterocycles. The first-order valence-corrected chi connectivity index (χ1v) is 11.9. The SMILES string of the molecule is Cl.N=C(N)c1ccc(C2=CCN(C(=O)N(Cc3ccccc3)C3CCC(C(=O)O)CC3)CC2)cc1. The van der Waals surface area contributed by atoms with Gasteiger partial charge in [0.2, 0.25) is 0 Å². The lowest BCUT2D eigenvalue weighted by molar-refractivity contribution is -0.143. The van der Waals surface area contributed by atoms with Crippen molar-refractivity contribution in [1.82, 2.24) is 9.80 Å². The molecule has 4 N–H and O–H groups in total. The van der Waals surface area contributed by atoms with Crippen LogP contribution in [0, 0.1) is 11.3 Å². The van der Waals surface area contributed by atoms with Gasteiger partial charge in [0, 0.05) is 31.2 Å². The number of hydrogen-bond acceptors (Lipinski definition) is 3. The Labute approximate surface area is 212 Å². The molecule has 1 fully saturated rings. The van der Waals surface area contributed by atoms with Crippen molar-refractivity contribution in [1.29, 1.82) is 5.41 Å². The number of nitrogen functional groups attached to an aromatic ring is 1. The first kappa shape index (κ1) is 26.3. The summed E-state index contributed by atoms with van der Waals surface area (Å²) in [5.74, 6) is -0.985. The van der Waals surface area contributed by atoms with E-state index in [1.165, 1.54) is 5.57 Å². The number of hydrogen-bond donors (Lipinski definition) is 3. The molecule has 2 aliphatic rings. The lowest BCUT2D eigenvalue weighted by Gasteiger charge is -2.40. The average molecular weight is 497 g/mol. The maximum atomic E-state index is 13.6. The van der Waals surface area contributed by atoms with Crippen molar-refractivity contribution in [2.75, 3.05) is 13.1 Å². The van der Waals surface area contributed by atoms with Crippen LogP contribution in [0.25, 0.3) is 5.57 Å². The fourth-order valence-electron chi connectivity index (χ4n) is 4.92. The summed E-state index contributed by atoms with van der Waals surface area (Å²) in [6, 6.07) is 17.7. The van der Waals surface area contributed by atoms with Crippen molar-refractivity contribution >= 4 is 35.8 Å². The number of carboxylic acids is 1. The number of amidine groups is 1. The van der Waals surface area contributed by atoms with E-state index in [0.29, 0.717) is 50.9 Å². The molecule has 0 atom stereocenters. The number of carbonyl (C=O) groups is 2. The summed E-state index contributed by atoms with van der Waals surface area (Å²) < 4.78 is 0. The molecular formula is C27H33ClN4O3. The van der Waals surface area contributed by atoms with Gasteiger partial charge in [-0.05, 0) is 48.8 Å². The second kappa shape index (κ2) is 11.9. The third-order valence-electron chi connectivity index (χ3n) is 6.97. The zero-order valence-electron chi connectivity index (χ0n) is 19.7. The number of carbonyl (C=O) groups excluding carboxylic acids is 1. The number of rotatable bonds is 6. The Morgan fingerprint density at radius 2 is 1.69 bits per heavy atom. The molecule has 0 saturated heterocycles. The van der Waals surface area contributed by atoms with E-state index in [1.54, 1.807) is 0 Å². The molecule has 0 aromatic heterocycles. The zero-order chi connectivity index (χ0) is 24.1. The molecule has 7 nitrogen and oxygen atoms in total. The van der Waals surface area contributed by atoms with Crippen molar-refractivity contribution in [3.8, 4) is 0 Å². The predicted molar refractivity (Wildman–Crippen MR) is 140 cm³/mol. The Bertz CT molecular complexity index is 1060. The van der Waals surface area contributed by atoms with Gasteiger partial charge in [-0.15, -0.1) is 12.4 Å². The lowest BCUT2D eigenvalue weighted by Crippen LogP contribution is -2.50. The number of amides is 2. The molecule has 8 heteroatoms. The highest BCUT2D eigenvalue weighted by atomic mass is 35.5. The zero-order valence-corrected chi connectivity index (χ0v) is 20.5. The van der Waals surface area contributed by atoms with Crippen LogP contribution in [-0.2, 0) is 11.3 Å². The number of benzene rings is 2. The van der Waals surface area contributed by atoms with Gasteiger partial charge in [0.05, 0.1) is 5.92 Å². The minimum absolute atomic E-state index is 0. The summed E-state index contributed by atoms with van der Waals surface area (Å²) in [5, 5.41) is 16.9. The van der Waals surface area contributed by atoms with Gasteiger partial charge in [-0.25, -0.2) is 4.79 Å². The second-order valence-electron chi connectivity index (χ2n) is 9.16. The van der Waals surface area contributed by atoms with Crippen LogP contribution in [0.1, 0.15) is 48.8 Å². The van der Waals surface area contributed by atoms with Gasteiger partial charge in [-0.2, -0.15) is 0 Å². The van der Waals surface area contributed by atoms with Gasteiger partial charge in [0.1, 0.15) is 5.84 Å². The number of aliphatic carboxylic acids is 1. The standard InChI is InChI=1S/C27H32N4O3.ClH/c28-25(29)22-8-6-20(7-9-22)21-14-16-30(17-15-21)27(34)31(18-19-4-2-1-3-5-19)24-12-10-23(11-13-24)26(32)33;/h1-9,14,23-24H,10-13,15-18H2,(H3,28,29)(H,32,33);1H. The summed E-state index contributed by atoms with van der Waals surface area (Å²) in [7, 11) is 0. The van der Waals surface area contributed by atoms with Crippen molar-refractivity contribution in [2.45, 2.75) is 44.7 Å². The third-order valence-corrected chi connectivity index (χ3v) is 6.97. The van der Waals surface area contributed by atoms with Gasteiger partial charge in [-0.1, -0.05) is 60.7 Å². The fourth-order valence-corrected chi connectivity index (χ4v) is 4.92. The molecule has 2 aromatic rings. The number of nitrogens with two attached hydrogens (primary N) is 1. The number of nitrogens with zero attached hydrogens (tertiary/aromatic N) is 2. The number of urea groups is 1. The van der Waals surface area contributed by atoms with E-state index < -0.39 is 5.97 Å². The molecule has 35 heavy (non-hydrogen) atoms. The van der Waals surface area contributed by atoms with Crippen LogP contribution in [0.3, 0.4) is 0 Å². The molecule has 2 aromatic carbocycles.